The molecule has 0 aliphatic heterocycles. The number of ether oxygens (including phenoxy) is 1. The summed E-state index contributed by atoms with van der Waals surface area (Å²) >= 11 is 0. The first-order valence-electron chi connectivity index (χ1n) is 5.08. The molecule has 94 valence electrons. The van der Waals surface area contributed by atoms with Crippen LogP contribution in [0.2, 0.25) is 0 Å². The van der Waals surface area contributed by atoms with Crippen molar-refractivity contribution in [3.05, 3.63) is 53.5 Å². The molecule has 1 aromatic carbocycles. The van der Waals surface area contributed by atoms with E-state index in [1.807, 2.05) is 0 Å². The Balaban J connectivity index is 2.31. The average Bonchev–Trinajstić information content (AvgIpc) is 2.36. The molecule has 0 bridgehead atoms. The molecule has 6 heteroatoms. The molecule has 0 amide bonds. The second-order valence-corrected chi connectivity index (χ2v) is 3.47. The minimum atomic E-state index is -1.08. The summed E-state index contributed by atoms with van der Waals surface area (Å²) in [6, 6.07) is 4.28. The van der Waals surface area contributed by atoms with Gasteiger partial charge in [-0.25, -0.2) is 18.2 Å². The zero-order valence-corrected chi connectivity index (χ0v) is 9.16. The summed E-state index contributed by atoms with van der Waals surface area (Å²) < 4.78 is 44.4. The molecule has 2 N–H and O–H groups in total. The van der Waals surface area contributed by atoms with Gasteiger partial charge in [0.1, 0.15) is 5.75 Å². The lowest BCUT2D eigenvalue weighted by Gasteiger charge is -2.07. The summed E-state index contributed by atoms with van der Waals surface area (Å²) in [5, 5.41) is 0. The number of benzene rings is 1. The minimum Gasteiger partial charge on any atom is -0.436 e. The molecule has 3 nitrogen and oxygen atoms in total. The van der Waals surface area contributed by atoms with Gasteiger partial charge in [-0.05, 0) is 18.2 Å². The van der Waals surface area contributed by atoms with Crippen LogP contribution in [0.1, 0.15) is 5.56 Å². The maximum absolute atomic E-state index is 13.7. The monoisotopic (exact) mass is 254 g/mol. The average molecular weight is 254 g/mol. The van der Waals surface area contributed by atoms with E-state index in [-0.39, 0.29) is 23.7 Å². The van der Waals surface area contributed by atoms with Gasteiger partial charge < -0.3 is 10.5 Å². The van der Waals surface area contributed by atoms with Crippen LogP contribution in [0, 0.1) is 17.5 Å². The SMILES string of the molecule is NCc1ccnc(Oc2ccc(F)c(F)c2)c1F. The zero-order valence-electron chi connectivity index (χ0n) is 9.16. The first-order chi connectivity index (χ1) is 8.61. The quantitative estimate of drug-likeness (QED) is 0.916. The number of nitrogens with zero attached hydrogens (tertiary/aromatic N) is 1. The van der Waals surface area contributed by atoms with Gasteiger partial charge in [0.05, 0.1) is 0 Å². The van der Waals surface area contributed by atoms with Crippen LogP contribution >= 0.6 is 0 Å². The molecule has 0 unspecified atom stereocenters. The van der Waals surface area contributed by atoms with Gasteiger partial charge >= 0.3 is 0 Å². The molecule has 0 aliphatic rings. The number of halogens is 3. The summed E-state index contributed by atoms with van der Waals surface area (Å²) in [6.45, 7) is -0.0114. The molecule has 0 radical (unpaired) electrons. The van der Waals surface area contributed by atoms with Crippen LogP contribution in [-0.2, 0) is 6.54 Å². The van der Waals surface area contributed by atoms with Crippen LogP contribution in [0.3, 0.4) is 0 Å². The fourth-order valence-electron chi connectivity index (χ4n) is 1.34. The molecule has 1 heterocycles. The number of nitrogens with two attached hydrogens (primary N) is 1. The fourth-order valence-corrected chi connectivity index (χ4v) is 1.34. The van der Waals surface area contributed by atoms with Crippen molar-refractivity contribution >= 4 is 0 Å². The second kappa shape index (κ2) is 5.05. The van der Waals surface area contributed by atoms with Gasteiger partial charge in [-0.2, -0.15) is 0 Å². The van der Waals surface area contributed by atoms with Crippen molar-refractivity contribution < 1.29 is 17.9 Å². The summed E-state index contributed by atoms with van der Waals surface area (Å²) in [7, 11) is 0. The minimum absolute atomic E-state index is 0.0114. The van der Waals surface area contributed by atoms with Crippen LogP contribution < -0.4 is 10.5 Å². The number of aromatic nitrogens is 1. The van der Waals surface area contributed by atoms with E-state index >= 15 is 0 Å². The first kappa shape index (κ1) is 12.4. The van der Waals surface area contributed by atoms with Gasteiger partial charge in [0, 0.05) is 24.4 Å². The number of rotatable bonds is 3. The van der Waals surface area contributed by atoms with Crippen LogP contribution in [0.15, 0.2) is 30.5 Å². The van der Waals surface area contributed by atoms with Crippen molar-refractivity contribution in [3.8, 4) is 11.6 Å². The summed E-state index contributed by atoms with van der Waals surface area (Å²) in [5.41, 5.74) is 5.55. The lowest BCUT2D eigenvalue weighted by atomic mass is 10.2. The number of hydrogen-bond donors (Lipinski definition) is 1. The van der Waals surface area contributed by atoms with Crippen LogP contribution in [0.4, 0.5) is 13.2 Å². The summed E-state index contributed by atoms with van der Waals surface area (Å²) in [4.78, 5) is 3.67. The van der Waals surface area contributed by atoms with Gasteiger partial charge in [0.15, 0.2) is 17.5 Å². The molecule has 18 heavy (non-hydrogen) atoms. The van der Waals surface area contributed by atoms with E-state index in [9.17, 15) is 13.2 Å². The molecular weight excluding hydrogens is 245 g/mol. The van der Waals surface area contributed by atoms with Gasteiger partial charge in [0.2, 0.25) is 0 Å². The van der Waals surface area contributed by atoms with E-state index in [1.165, 1.54) is 18.3 Å². The molecule has 0 spiro atoms. The molecule has 0 aliphatic carbocycles. The Kier molecular flexibility index (Phi) is 3.47. The smallest absolute Gasteiger partial charge is 0.256 e. The van der Waals surface area contributed by atoms with E-state index in [2.05, 4.69) is 4.98 Å². The topological polar surface area (TPSA) is 48.1 Å². The molecule has 2 rings (SSSR count). The highest BCUT2D eigenvalue weighted by Gasteiger charge is 2.11. The Hall–Kier alpha value is -2.08. The van der Waals surface area contributed by atoms with E-state index < -0.39 is 17.5 Å². The Morgan fingerprint density at radius 3 is 2.56 bits per heavy atom. The third-order valence-corrected chi connectivity index (χ3v) is 2.26. The Labute approximate surface area is 101 Å². The van der Waals surface area contributed by atoms with Crippen molar-refractivity contribution in [3.63, 3.8) is 0 Å². The zero-order chi connectivity index (χ0) is 13.1. The van der Waals surface area contributed by atoms with E-state index in [0.29, 0.717) is 0 Å². The summed E-state index contributed by atoms with van der Waals surface area (Å²) in [5.74, 6) is -3.18. The molecule has 0 atom stereocenters. The van der Waals surface area contributed by atoms with Crippen LogP contribution in [0.25, 0.3) is 0 Å². The normalized spacial score (nSPS) is 10.4. The van der Waals surface area contributed by atoms with Gasteiger partial charge in [-0.3, -0.25) is 0 Å². The summed E-state index contributed by atoms with van der Waals surface area (Å²) in [6.07, 6.45) is 1.32. The standard InChI is InChI=1S/C12H9F3N2O/c13-9-2-1-8(5-10(9)14)18-12-11(15)7(6-16)3-4-17-12/h1-5H,6,16H2. The third-order valence-electron chi connectivity index (χ3n) is 2.26. The maximum atomic E-state index is 13.7. The van der Waals surface area contributed by atoms with Crippen molar-refractivity contribution in [2.45, 2.75) is 6.54 Å². The maximum Gasteiger partial charge on any atom is 0.256 e. The van der Waals surface area contributed by atoms with Gasteiger partial charge in [0.25, 0.3) is 5.88 Å². The molecule has 2 aromatic rings. The highest BCUT2D eigenvalue weighted by molar-refractivity contribution is 5.31. The van der Waals surface area contributed by atoms with Crippen molar-refractivity contribution in [1.82, 2.24) is 4.98 Å². The van der Waals surface area contributed by atoms with Crippen molar-refractivity contribution in [1.29, 1.82) is 0 Å². The third kappa shape index (κ3) is 2.43. The predicted octanol–water partition coefficient (Wildman–Crippen LogP) is 2.75. The lowest BCUT2D eigenvalue weighted by molar-refractivity contribution is 0.412. The second-order valence-electron chi connectivity index (χ2n) is 3.47. The first-order valence-corrected chi connectivity index (χ1v) is 5.08. The Morgan fingerprint density at radius 2 is 1.89 bits per heavy atom. The molecule has 0 saturated heterocycles. The number of hydrogen-bond acceptors (Lipinski definition) is 3. The van der Waals surface area contributed by atoms with Gasteiger partial charge in [-0.15, -0.1) is 0 Å². The Bertz CT molecular complexity index is 575. The largest absolute Gasteiger partial charge is 0.436 e. The molecular formula is C12H9F3N2O. The van der Waals surface area contributed by atoms with Crippen LogP contribution in [-0.4, -0.2) is 4.98 Å². The van der Waals surface area contributed by atoms with E-state index in [4.69, 9.17) is 10.5 Å². The highest BCUT2D eigenvalue weighted by Crippen LogP contribution is 2.25. The van der Waals surface area contributed by atoms with Crippen molar-refractivity contribution in [2.75, 3.05) is 0 Å². The predicted molar refractivity (Wildman–Crippen MR) is 58.5 cm³/mol. The van der Waals surface area contributed by atoms with E-state index in [0.717, 1.165) is 12.1 Å². The fraction of sp³-hybridized carbons (Fsp3) is 0.0833. The lowest BCUT2D eigenvalue weighted by Crippen LogP contribution is -2.02. The highest BCUT2D eigenvalue weighted by atomic mass is 19.2. The number of pyridine rings is 1. The van der Waals surface area contributed by atoms with Crippen molar-refractivity contribution in [2.24, 2.45) is 5.73 Å². The van der Waals surface area contributed by atoms with Crippen LogP contribution in [0.5, 0.6) is 11.6 Å². The molecule has 0 saturated carbocycles. The molecule has 1 aromatic heterocycles. The van der Waals surface area contributed by atoms with Gasteiger partial charge in [-0.1, -0.05) is 0 Å². The molecule has 0 fully saturated rings. The van der Waals surface area contributed by atoms with E-state index in [1.54, 1.807) is 0 Å². The Morgan fingerprint density at radius 1 is 1.11 bits per heavy atom.